The molecule has 6 atom stereocenters. The number of rotatable bonds is 8. The van der Waals surface area contributed by atoms with Crippen LogP contribution in [-0.4, -0.2) is 68.7 Å². The normalized spacial score (nSPS) is 26.5. The molecule has 0 spiro atoms. The van der Waals surface area contributed by atoms with E-state index in [-0.39, 0.29) is 42.8 Å². The maximum absolute atomic E-state index is 16.1. The molecular formula is C31H42FN3O5Si. The number of ether oxygens (including phenoxy) is 2. The Morgan fingerprint density at radius 2 is 2.00 bits per heavy atom. The van der Waals surface area contributed by atoms with Crippen molar-refractivity contribution in [2.75, 3.05) is 25.6 Å². The molecule has 222 valence electrons. The van der Waals surface area contributed by atoms with Crippen LogP contribution in [0.4, 0.5) is 9.80 Å². The Balaban J connectivity index is 1.37. The highest BCUT2D eigenvalue weighted by Gasteiger charge is 2.49. The molecule has 41 heavy (non-hydrogen) atoms. The van der Waals surface area contributed by atoms with Gasteiger partial charge < -0.3 is 34.2 Å². The topological polar surface area (TPSA) is 100 Å². The van der Waals surface area contributed by atoms with E-state index in [4.69, 9.17) is 9.47 Å². The number of halogens is 1. The Kier molecular flexibility index (Phi) is 8.84. The molecule has 3 aliphatic rings. The fraction of sp³-hybridized carbons (Fsp3) is 0.548. The number of nitrogens with zero attached hydrogens (tertiary/aromatic N) is 1. The molecule has 3 N–H and O–H groups in total. The number of aliphatic hydroxyl groups is 1. The summed E-state index contributed by atoms with van der Waals surface area (Å²) >= 11 is 0. The van der Waals surface area contributed by atoms with E-state index in [2.05, 4.69) is 10.6 Å². The fourth-order valence-electron chi connectivity index (χ4n) is 6.69. The molecule has 10 heteroatoms. The maximum Gasteiger partial charge on any atom is 0.248 e. The van der Waals surface area contributed by atoms with Gasteiger partial charge in [-0.1, -0.05) is 31.2 Å². The number of amides is 2. The van der Waals surface area contributed by atoms with Gasteiger partial charge in [0.2, 0.25) is 20.2 Å². The lowest BCUT2D eigenvalue weighted by molar-refractivity contribution is -0.136. The summed E-state index contributed by atoms with van der Waals surface area (Å²) < 4.78 is 28.5. The van der Waals surface area contributed by atoms with Crippen molar-refractivity contribution < 1.29 is 28.3 Å². The van der Waals surface area contributed by atoms with Crippen LogP contribution < -0.4 is 15.4 Å². The molecule has 5 rings (SSSR count). The zero-order valence-corrected chi connectivity index (χ0v) is 25.4. The molecule has 2 aromatic rings. The summed E-state index contributed by atoms with van der Waals surface area (Å²) in [5.41, 5.74) is 3.02. The predicted octanol–water partition coefficient (Wildman–Crippen LogP) is 4.34. The van der Waals surface area contributed by atoms with Gasteiger partial charge in [-0.25, -0.2) is 0 Å². The number of hydrogen-bond acceptors (Lipinski definition) is 6. The lowest BCUT2D eigenvalue weighted by Gasteiger charge is -2.44. The monoisotopic (exact) mass is 583 g/mol. The third kappa shape index (κ3) is 6.21. The minimum Gasteiger partial charge on any atom is -0.490 e. The van der Waals surface area contributed by atoms with Crippen LogP contribution in [0.15, 0.2) is 42.5 Å². The first-order valence-electron chi connectivity index (χ1n) is 14.6. The molecule has 1 unspecified atom stereocenters. The summed E-state index contributed by atoms with van der Waals surface area (Å²) in [6.07, 6.45) is 1.39. The van der Waals surface area contributed by atoms with Crippen LogP contribution in [0.5, 0.6) is 5.75 Å². The second-order valence-corrected chi connectivity index (χ2v) is 16.1. The average molecular weight is 584 g/mol. The smallest absolute Gasteiger partial charge is 0.248 e. The summed E-state index contributed by atoms with van der Waals surface area (Å²) in [5.74, 6) is 0.0963. The van der Waals surface area contributed by atoms with Crippen molar-refractivity contribution in [3.05, 3.63) is 59.2 Å². The van der Waals surface area contributed by atoms with Gasteiger partial charge in [-0.15, -0.1) is 0 Å². The molecule has 0 aliphatic carbocycles. The van der Waals surface area contributed by atoms with Crippen LogP contribution in [0.25, 0.3) is 0 Å². The molecule has 0 bridgehead atoms. The first-order valence-corrected chi connectivity index (χ1v) is 17.6. The number of anilines is 1. The van der Waals surface area contributed by atoms with E-state index in [1.165, 1.54) is 0 Å². The molecule has 3 aliphatic heterocycles. The van der Waals surface area contributed by atoms with E-state index in [1.54, 1.807) is 37.2 Å². The van der Waals surface area contributed by atoms with E-state index < -0.39 is 26.2 Å². The highest BCUT2D eigenvalue weighted by Crippen LogP contribution is 2.48. The van der Waals surface area contributed by atoms with Crippen LogP contribution in [0.2, 0.25) is 18.6 Å². The van der Waals surface area contributed by atoms with Gasteiger partial charge in [0.1, 0.15) is 11.9 Å². The highest BCUT2D eigenvalue weighted by atomic mass is 28.4. The van der Waals surface area contributed by atoms with Crippen molar-refractivity contribution in [2.45, 2.75) is 82.1 Å². The molecule has 2 aromatic carbocycles. The standard InChI is InChI=1S/C31H42FN3O5Si/c1-19-29(39-2)24-15-22(34-31(38)25-10-7-13-33-25)11-12-26(24)40-30(19)27(41(3,4)32)16-28(37)35-17-21-9-6-5-8-20(21)14-23(35)18-36/h5-6,8-9,11-12,15,19,23,25,27,29-30,33,36H,7,10,13-14,16-18H2,1-4H3,(H,34,38)/t19-,23+,25-,27?,29-,30-/m1/s1. The predicted molar refractivity (Wildman–Crippen MR) is 158 cm³/mol. The Hall–Kier alpha value is -2.79. The maximum atomic E-state index is 16.1. The number of methoxy groups -OCH3 is 1. The molecule has 0 aromatic heterocycles. The van der Waals surface area contributed by atoms with E-state index in [9.17, 15) is 14.7 Å². The lowest BCUT2D eigenvalue weighted by atomic mass is 9.86. The SMILES string of the molecule is CO[C@H]1c2cc(NC(=O)[C@H]3CCCN3)ccc2O[C@@H](C(CC(=O)N2Cc3ccccc3C[C@H]2CO)[Si](C)(C)F)[C@@H]1C. The Bertz CT molecular complexity index is 1260. The Morgan fingerprint density at radius 3 is 2.66 bits per heavy atom. The minimum atomic E-state index is -3.41. The Morgan fingerprint density at radius 1 is 1.24 bits per heavy atom. The molecule has 3 heterocycles. The largest absolute Gasteiger partial charge is 0.490 e. The highest BCUT2D eigenvalue weighted by molar-refractivity contribution is 6.72. The van der Waals surface area contributed by atoms with Crippen molar-refractivity contribution in [2.24, 2.45) is 5.92 Å². The number of carbonyl (C=O) groups is 2. The van der Waals surface area contributed by atoms with Crippen molar-refractivity contribution in [1.29, 1.82) is 0 Å². The number of carbonyl (C=O) groups excluding carboxylic acids is 2. The summed E-state index contributed by atoms with van der Waals surface area (Å²) in [7, 11) is -1.79. The first-order chi connectivity index (χ1) is 19.6. The second kappa shape index (κ2) is 12.2. The number of nitrogens with one attached hydrogen (secondary N) is 2. The van der Waals surface area contributed by atoms with Gasteiger partial charge in [0.15, 0.2) is 0 Å². The number of benzene rings is 2. The van der Waals surface area contributed by atoms with Gasteiger partial charge >= 0.3 is 0 Å². The average Bonchev–Trinajstić information content (AvgIpc) is 3.50. The van der Waals surface area contributed by atoms with Crippen LogP contribution in [0.1, 0.15) is 49.0 Å². The zero-order chi connectivity index (χ0) is 29.3. The number of hydrogen-bond donors (Lipinski definition) is 3. The van der Waals surface area contributed by atoms with Crippen molar-refractivity contribution in [3.8, 4) is 5.75 Å². The van der Waals surface area contributed by atoms with Gasteiger partial charge in [0, 0.05) is 42.8 Å². The van der Waals surface area contributed by atoms with Crippen LogP contribution in [0.3, 0.4) is 0 Å². The fourth-order valence-corrected chi connectivity index (χ4v) is 8.50. The zero-order valence-electron chi connectivity index (χ0n) is 24.4. The van der Waals surface area contributed by atoms with Gasteiger partial charge in [-0.3, -0.25) is 9.59 Å². The lowest BCUT2D eigenvalue weighted by Crippen LogP contribution is -2.50. The van der Waals surface area contributed by atoms with Crippen LogP contribution in [-0.2, 0) is 27.3 Å². The first kappa shape index (κ1) is 29.7. The minimum absolute atomic E-state index is 0.00229. The summed E-state index contributed by atoms with van der Waals surface area (Å²) in [6.45, 7) is 6.32. The Labute approximate surface area is 242 Å². The summed E-state index contributed by atoms with van der Waals surface area (Å²) in [5, 5.41) is 16.3. The van der Waals surface area contributed by atoms with E-state index >= 15 is 4.11 Å². The molecule has 1 fully saturated rings. The van der Waals surface area contributed by atoms with E-state index in [1.807, 2.05) is 37.3 Å². The molecule has 0 radical (unpaired) electrons. The molecular weight excluding hydrogens is 541 g/mol. The van der Waals surface area contributed by atoms with E-state index in [0.29, 0.717) is 24.4 Å². The van der Waals surface area contributed by atoms with Gasteiger partial charge in [0.25, 0.3) is 0 Å². The van der Waals surface area contributed by atoms with Gasteiger partial charge in [0.05, 0.1) is 24.8 Å². The van der Waals surface area contributed by atoms with Crippen molar-refractivity contribution in [1.82, 2.24) is 10.2 Å². The quantitative estimate of drug-likeness (QED) is 0.316. The van der Waals surface area contributed by atoms with Crippen LogP contribution in [0, 0.1) is 5.92 Å². The third-order valence-corrected chi connectivity index (χ3v) is 11.3. The second-order valence-electron chi connectivity index (χ2n) is 12.2. The molecule has 0 saturated carbocycles. The van der Waals surface area contributed by atoms with Gasteiger partial charge in [-0.05, 0) is 68.2 Å². The number of aliphatic hydroxyl groups excluding tert-OH is 1. The summed E-state index contributed by atoms with van der Waals surface area (Å²) in [6, 6.07) is 12.9. The van der Waals surface area contributed by atoms with Crippen molar-refractivity contribution >= 4 is 25.9 Å². The molecule has 1 saturated heterocycles. The van der Waals surface area contributed by atoms with Crippen LogP contribution >= 0.6 is 0 Å². The van der Waals surface area contributed by atoms with Gasteiger partial charge in [-0.2, -0.15) is 0 Å². The number of fused-ring (bicyclic) bond motifs is 2. The summed E-state index contributed by atoms with van der Waals surface area (Å²) in [4.78, 5) is 28.2. The van der Waals surface area contributed by atoms with Crippen molar-refractivity contribution in [3.63, 3.8) is 0 Å². The third-order valence-electron chi connectivity index (χ3n) is 9.03. The molecule has 2 amide bonds. The van der Waals surface area contributed by atoms with E-state index in [0.717, 1.165) is 36.1 Å². The molecule has 8 nitrogen and oxygen atoms in total.